The zero-order valence-corrected chi connectivity index (χ0v) is 14.6. The molecule has 0 saturated carbocycles. The molecule has 6 nitrogen and oxygen atoms in total. The summed E-state index contributed by atoms with van der Waals surface area (Å²) in [5.74, 6) is 1.70. The van der Waals surface area contributed by atoms with Crippen molar-refractivity contribution in [1.82, 2.24) is 10.9 Å². The van der Waals surface area contributed by atoms with E-state index in [4.69, 9.17) is 14.2 Å². The van der Waals surface area contributed by atoms with Crippen molar-refractivity contribution in [2.45, 2.75) is 6.92 Å². The fourth-order valence-electron chi connectivity index (χ4n) is 2.19. The van der Waals surface area contributed by atoms with Crippen LogP contribution in [0.15, 0.2) is 49.0 Å². The Morgan fingerprint density at radius 2 is 1.68 bits per heavy atom. The fourth-order valence-corrected chi connectivity index (χ4v) is 2.19. The van der Waals surface area contributed by atoms with E-state index in [1.54, 1.807) is 56.7 Å². The van der Waals surface area contributed by atoms with Crippen LogP contribution in [-0.2, 0) is 0 Å². The first-order valence-electron chi connectivity index (χ1n) is 7.79. The van der Waals surface area contributed by atoms with Crippen LogP contribution in [0.2, 0.25) is 0 Å². The van der Waals surface area contributed by atoms with Crippen molar-refractivity contribution in [3.8, 4) is 17.2 Å². The number of methoxy groups -OCH3 is 2. The third kappa shape index (κ3) is 4.67. The van der Waals surface area contributed by atoms with Crippen LogP contribution in [0.1, 0.15) is 22.8 Å². The summed E-state index contributed by atoms with van der Waals surface area (Å²) in [4.78, 5) is 12.2. The SMILES string of the molecule is C=C(NNC(=O)c1ccc(OCC)cc1)c1ccc(OC)cc1OC. The van der Waals surface area contributed by atoms with Gasteiger partial charge in [-0.3, -0.25) is 15.6 Å². The molecule has 0 aliphatic rings. The molecule has 0 fully saturated rings. The van der Waals surface area contributed by atoms with Crippen molar-refractivity contribution in [3.63, 3.8) is 0 Å². The van der Waals surface area contributed by atoms with Gasteiger partial charge in [0.15, 0.2) is 0 Å². The molecule has 0 aromatic heterocycles. The zero-order valence-electron chi connectivity index (χ0n) is 14.6. The van der Waals surface area contributed by atoms with E-state index in [2.05, 4.69) is 17.4 Å². The van der Waals surface area contributed by atoms with Gasteiger partial charge < -0.3 is 14.2 Å². The molecule has 0 bridgehead atoms. The lowest BCUT2D eigenvalue weighted by molar-refractivity contribution is 0.0942. The number of carbonyl (C=O) groups is 1. The van der Waals surface area contributed by atoms with E-state index in [-0.39, 0.29) is 5.91 Å². The number of hydrazine groups is 1. The number of carbonyl (C=O) groups excluding carboxylic acids is 1. The summed E-state index contributed by atoms with van der Waals surface area (Å²) in [5.41, 5.74) is 7.14. The molecule has 0 aliphatic heterocycles. The molecule has 132 valence electrons. The number of nitrogens with one attached hydrogen (secondary N) is 2. The zero-order chi connectivity index (χ0) is 18.2. The van der Waals surface area contributed by atoms with Gasteiger partial charge >= 0.3 is 0 Å². The molecule has 25 heavy (non-hydrogen) atoms. The van der Waals surface area contributed by atoms with Crippen LogP contribution >= 0.6 is 0 Å². The Bertz CT molecular complexity index is 742. The first kappa shape index (κ1) is 18.2. The van der Waals surface area contributed by atoms with E-state index in [0.29, 0.717) is 29.4 Å². The van der Waals surface area contributed by atoms with Gasteiger partial charge in [0.1, 0.15) is 17.2 Å². The Labute approximate surface area is 147 Å². The third-order valence-electron chi connectivity index (χ3n) is 3.49. The van der Waals surface area contributed by atoms with E-state index < -0.39 is 0 Å². The Morgan fingerprint density at radius 3 is 2.28 bits per heavy atom. The first-order valence-corrected chi connectivity index (χ1v) is 7.79. The largest absolute Gasteiger partial charge is 0.497 e. The molecule has 2 N–H and O–H groups in total. The average molecular weight is 342 g/mol. The van der Waals surface area contributed by atoms with Gasteiger partial charge in [-0.05, 0) is 43.3 Å². The number of rotatable bonds is 8. The highest BCUT2D eigenvalue weighted by Gasteiger charge is 2.10. The minimum Gasteiger partial charge on any atom is -0.497 e. The molecule has 0 heterocycles. The van der Waals surface area contributed by atoms with E-state index in [0.717, 1.165) is 11.3 Å². The van der Waals surface area contributed by atoms with Crippen LogP contribution in [0, 0.1) is 0 Å². The van der Waals surface area contributed by atoms with Crippen molar-refractivity contribution >= 4 is 11.6 Å². The fraction of sp³-hybridized carbons (Fsp3) is 0.211. The predicted molar refractivity (Wildman–Crippen MR) is 96.8 cm³/mol. The van der Waals surface area contributed by atoms with Gasteiger partial charge in [0.05, 0.1) is 26.5 Å². The molecular weight excluding hydrogens is 320 g/mol. The Kier molecular flexibility index (Phi) is 6.28. The molecule has 0 aliphatic carbocycles. The predicted octanol–water partition coefficient (Wildman–Crippen LogP) is 3.01. The number of hydrogen-bond donors (Lipinski definition) is 2. The number of ether oxygens (including phenoxy) is 3. The van der Waals surface area contributed by atoms with Gasteiger partial charge in [-0.1, -0.05) is 6.58 Å². The summed E-state index contributed by atoms with van der Waals surface area (Å²) in [6, 6.07) is 12.2. The van der Waals surface area contributed by atoms with Gasteiger partial charge in [0.25, 0.3) is 5.91 Å². The summed E-state index contributed by atoms with van der Waals surface area (Å²) in [6.07, 6.45) is 0. The molecular formula is C19H22N2O4. The van der Waals surface area contributed by atoms with Crippen LogP contribution in [0.3, 0.4) is 0 Å². The average Bonchev–Trinajstić information content (AvgIpc) is 2.66. The maximum atomic E-state index is 12.2. The minimum absolute atomic E-state index is 0.281. The highest BCUT2D eigenvalue weighted by Crippen LogP contribution is 2.28. The molecule has 0 atom stereocenters. The smallest absolute Gasteiger partial charge is 0.269 e. The minimum atomic E-state index is -0.281. The number of amides is 1. The van der Waals surface area contributed by atoms with Crippen LogP contribution in [-0.4, -0.2) is 26.7 Å². The Morgan fingerprint density at radius 1 is 1.00 bits per heavy atom. The summed E-state index contributed by atoms with van der Waals surface area (Å²) < 4.78 is 15.8. The molecule has 0 saturated heterocycles. The molecule has 6 heteroatoms. The van der Waals surface area contributed by atoms with Gasteiger partial charge in [-0.15, -0.1) is 0 Å². The Balaban J connectivity index is 2.00. The van der Waals surface area contributed by atoms with Crippen molar-refractivity contribution in [2.75, 3.05) is 20.8 Å². The third-order valence-corrected chi connectivity index (χ3v) is 3.49. The topological polar surface area (TPSA) is 68.8 Å². The van der Waals surface area contributed by atoms with E-state index in [1.807, 2.05) is 6.92 Å². The van der Waals surface area contributed by atoms with E-state index in [1.165, 1.54) is 0 Å². The second-order valence-electron chi connectivity index (χ2n) is 5.08. The second-order valence-corrected chi connectivity index (χ2v) is 5.08. The Hall–Kier alpha value is -3.15. The summed E-state index contributed by atoms with van der Waals surface area (Å²) in [6.45, 7) is 6.41. The van der Waals surface area contributed by atoms with Crippen LogP contribution in [0.25, 0.3) is 5.70 Å². The monoisotopic (exact) mass is 342 g/mol. The van der Waals surface area contributed by atoms with Crippen LogP contribution < -0.4 is 25.1 Å². The lowest BCUT2D eigenvalue weighted by Gasteiger charge is -2.15. The highest BCUT2D eigenvalue weighted by molar-refractivity contribution is 5.94. The van der Waals surface area contributed by atoms with Gasteiger partial charge in [-0.2, -0.15) is 0 Å². The van der Waals surface area contributed by atoms with Gasteiger partial charge in [0.2, 0.25) is 0 Å². The summed E-state index contributed by atoms with van der Waals surface area (Å²) in [7, 11) is 3.14. The molecule has 1 amide bonds. The molecule has 0 unspecified atom stereocenters. The molecule has 2 aromatic rings. The standard InChI is InChI=1S/C19H22N2O4/c1-5-25-15-8-6-14(7-9-15)19(22)21-20-13(2)17-11-10-16(23-3)12-18(17)24-4/h6-12,20H,2,5H2,1,3-4H3,(H,21,22). The first-order chi connectivity index (χ1) is 12.1. The molecule has 0 radical (unpaired) electrons. The van der Waals surface area contributed by atoms with E-state index in [9.17, 15) is 4.79 Å². The lowest BCUT2D eigenvalue weighted by Crippen LogP contribution is -2.35. The van der Waals surface area contributed by atoms with Crippen molar-refractivity contribution < 1.29 is 19.0 Å². The normalized spacial score (nSPS) is 9.88. The van der Waals surface area contributed by atoms with Gasteiger partial charge in [-0.25, -0.2) is 0 Å². The number of benzene rings is 2. The van der Waals surface area contributed by atoms with Crippen molar-refractivity contribution in [1.29, 1.82) is 0 Å². The maximum Gasteiger partial charge on any atom is 0.269 e. The summed E-state index contributed by atoms with van der Waals surface area (Å²) in [5, 5.41) is 0. The van der Waals surface area contributed by atoms with Crippen molar-refractivity contribution in [3.05, 3.63) is 60.2 Å². The number of hydrogen-bond acceptors (Lipinski definition) is 5. The summed E-state index contributed by atoms with van der Waals surface area (Å²) >= 11 is 0. The quantitative estimate of drug-likeness (QED) is 0.722. The van der Waals surface area contributed by atoms with Gasteiger partial charge in [0, 0.05) is 17.2 Å². The van der Waals surface area contributed by atoms with Crippen LogP contribution in [0.4, 0.5) is 0 Å². The molecule has 2 aromatic carbocycles. The highest BCUT2D eigenvalue weighted by atomic mass is 16.5. The molecule has 0 spiro atoms. The molecule has 2 rings (SSSR count). The van der Waals surface area contributed by atoms with Crippen LogP contribution in [0.5, 0.6) is 17.2 Å². The maximum absolute atomic E-state index is 12.2. The van der Waals surface area contributed by atoms with Crippen molar-refractivity contribution in [2.24, 2.45) is 0 Å². The second kappa shape index (κ2) is 8.63. The van der Waals surface area contributed by atoms with E-state index >= 15 is 0 Å². The lowest BCUT2D eigenvalue weighted by atomic mass is 10.1.